The molecule has 7 nitrogen and oxygen atoms in total. The molecule has 2 amide bonds. The maximum absolute atomic E-state index is 13.6. The zero-order valence-electron chi connectivity index (χ0n) is 20.7. The van der Waals surface area contributed by atoms with Crippen LogP contribution in [0.5, 0.6) is 0 Å². The lowest BCUT2D eigenvalue weighted by molar-refractivity contribution is -0.136. The second-order valence-corrected chi connectivity index (χ2v) is 11.1. The number of amides is 2. The molecule has 1 fully saturated rings. The number of benzene rings is 2. The van der Waals surface area contributed by atoms with Crippen molar-refractivity contribution in [2.75, 3.05) is 18.4 Å². The first-order valence-corrected chi connectivity index (χ1v) is 13.2. The van der Waals surface area contributed by atoms with E-state index in [1.807, 2.05) is 65.0 Å². The topological polar surface area (TPSA) is 95.6 Å². The standard InChI is InChI=1S/C26H35N3O4S/c1-17-15-20(4)24(21(5)16-17)34(32,33)29-14-7-6-11-22(29)12-13-27-25(30)26(31)28-23-18(2)9-8-10-19(23)3/h8-10,15-16,22H,6-7,11-14H2,1-5H3,(H,27,30)(H,28,31)/t22-/m1/s1. The van der Waals surface area contributed by atoms with Crippen LogP contribution in [0, 0.1) is 34.6 Å². The van der Waals surface area contributed by atoms with Crippen molar-refractivity contribution in [3.8, 4) is 0 Å². The molecule has 184 valence electrons. The van der Waals surface area contributed by atoms with Gasteiger partial charge in [0.1, 0.15) is 0 Å². The molecule has 0 unspecified atom stereocenters. The van der Waals surface area contributed by atoms with E-state index in [9.17, 15) is 18.0 Å². The van der Waals surface area contributed by atoms with Gasteiger partial charge in [-0.05, 0) is 76.1 Å². The van der Waals surface area contributed by atoms with E-state index < -0.39 is 21.8 Å². The van der Waals surface area contributed by atoms with Crippen molar-refractivity contribution in [3.63, 3.8) is 0 Å². The summed E-state index contributed by atoms with van der Waals surface area (Å²) < 4.78 is 28.8. The molecule has 1 saturated heterocycles. The molecule has 0 saturated carbocycles. The number of nitrogens with one attached hydrogen (secondary N) is 2. The maximum Gasteiger partial charge on any atom is 0.313 e. The number of aryl methyl sites for hydroxylation is 5. The number of hydrogen-bond donors (Lipinski definition) is 2. The highest BCUT2D eigenvalue weighted by Crippen LogP contribution is 2.31. The first-order chi connectivity index (χ1) is 16.0. The lowest BCUT2D eigenvalue weighted by Gasteiger charge is -2.35. The number of sulfonamides is 1. The summed E-state index contributed by atoms with van der Waals surface area (Å²) in [4.78, 5) is 25.1. The third-order valence-electron chi connectivity index (χ3n) is 6.43. The van der Waals surface area contributed by atoms with Gasteiger partial charge >= 0.3 is 11.8 Å². The summed E-state index contributed by atoms with van der Waals surface area (Å²) >= 11 is 0. The number of para-hydroxylation sites is 1. The summed E-state index contributed by atoms with van der Waals surface area (Å²) in [6, 6.07) is 9.21. The number of carbonyl (C=O) groups excluding carboxylic acids is 2. The number of rotatable bonds is 6. The molecule has 0 aliphatic carbocycles. The smallest absolute Gasteiger partial charge is 0.313 e. The van der Waals surface area contributed by atoms with Crippen LogP contribution < -0.4 is 10.6 Å². The minimum Gasteiger partial charge on any atom is -0.348 e. The predicted molar refractivity (Wildman–Crippen MR) is 134 cm³/mol. The molecule has 1 heterocycles. The van der Waals surface area contributed by atoms with Crippen molar-refractivity contribution in [1.82, 2.24) is 9.62 Å². The van der Waals surface area contributed by atoms with Crippen LogP contribution in [0.25, 0.3) is 0 Å². The van der Waals surface area contributed by atoms with Gasteiger partial charge in [0, 0.05) is 24.8 Å². The van der Waals surface area contributed by atoms with Crippen molar-refractivity contribution in [2.45, 2.75) is 71.2 Å². The molecule has 0 bridgehead atoms. The summed E-state index contributed by atoms with van der Waals surface area (Å²) in [5.74, 6) is -1.45. The second kappa shape index (κ2) is 10.7. The highest BCUT2D eigenvalue weighted by atomic mass is 32.2. The van der Waals surface area contributed by atoms with Crippen molar-refractivity contribution in [3.05, 3.63) is 58.1 Å². The lowest BCUT2D eigenvalue weighted by atomic mass is 10.0. The SMILES string of the molecule is Cc1cc(C)c(S(=O)(=O)N2CCCC[C@@H]2CCNC(=O)C(=O)Nc2c(C)cccc2C)c(C)c1. The van der Waals surface area contributed by atoms with E-state index in [1.165, 1.54) is 0 Å². The Morgan fingerprint density at radius 1 is 0.941 bits per heavy atom. The zero-order chi connectivity index (χ0) is 25.0. The number of carbonyl (C=O) groups is 2. The van der Waals surface area contributed by atoms with Gasteiger partial charge in [0.2, 0.25) is 10.0 Å². The van der Waals surface area contributed by atoms with Crippen LogP contribution in [0.2, 0.25) is 0 Å². The van der Waals surface area contributed by atoms with E-state index in [2.05, 4.69) is 10.6 Å². The molecule has 2 aromatic carbocycles. The first kappa shape index (κ1) is 25.9. The van der Waals surface area contributed by atoms with Gasteiger partial charge < -0.3 is 10.6 Å². The molecule has 3 rings (SSSR count). The Labute approximate surface area is 203 Å². The van der Waals surface area contributed by atoms with Crippen molar-refractivity contribution >= 4 is 27.5 Å². The van der Waals surface area contributed by atoms with Gasteiger partial charge in [0.05, 0.1) is 4.90 Å². The van der Waals surface area contributed by atoms with Gasteiger partial charge in [-0.25, -0.2) is 8.42 Å². The molecule has 34 heavy (non-hydrogen) atoms. The van der Waals surface area contributed by atoms with E-state index in [1.54, 1.807) is 4.31 Å². The number of anilines is 1. The molecule has 1 aliphatic heterocycles. The largest absolute Gasteiger partial charge is 0.348 e. The maximum atomic E-state index is 13.6. The van der Waals surface area contributed by atoms with Crippen molar-refractivity contribution < 1.29 is 18.0 Å². The van der Waals surface area contributed by atoms with E-state index >= 15 is 0 Å². The Kier molecular flexibility index (Phi) is 8.15. The molecule has 0 spiro atoms. The van der Waals surface area contributed by atoms with Crippen LogP contribution in [0.3, 0.4) is 0 Å². The molecule has 1 aliphatic rings. The minimum absolute atomic E-state index is 0.221. The van der Waals surface area contributed by atoms with Crippen LogP contribution in [0.4, 0.5) is 5.69 Å². The average molecular weight is 486 g/mol. The molecule has 8 heteroatoms. The van der Waals surface area contributed by atoms with Gasteiger partial charge in [-0.3, -0.25) is 9.59 Å². The molecular formula is C26H35N3O4S. The first-order valence-electron chi connectivity index (χ1n) is 11.8. The van der Waals surface area contributed by atoms with Crippen LogP contribution in [0.1, 0.15) is 53.5 Å². The Bertz CT molecular complexity index is 1150. The van der Waals surface area contributed by atoms with Crippen molar-refractivity contribution in [1.29, 1.82) is 0 Å². The predicted octanol–water partition coefficient (Wildman–Crippen LogP) is 3.92. The normalized spacial score (nSPS) is 16.8. The van der Waals surface area contributed by atoms with Crippen LogP contribution >= 0.6 is 0 Å². The molecule has 0 radical (unpaired) electrons. The summed E-state index contributed by atoms with van der Waals surface area (Å²) in [6.07, 6.45) is 2.92. The van der Waals surface area contributed by atoms with Crippen LogP contribution in [0.15, 0.2) is 35.2 Å². The fraction of sp³-hybridized carbons (Fsp3) is 0.462. The van der Waals surface area contributed by atoms with E-state index in [0.717, 1.165) is 47.1 Å². The zero-order valence-corrected chi connectivity index (χ0v) is 21.5. The quantitative estimate of drug-likeness (QED) is 0.607. The monoisotopic (exact) mass is 485 g/mol. The third-order valence-corrected chi connectivity index (χ3v) is 8.69. The lowest BCUT2D eigenvalue weighted by Crippen LogP contribution is -2.46. The van der Waals surface area contributed by atoms with Gasteiger partial charge in [-0.1, -0.05) is 42.3 Å². The highest BCUT2D eigenvalue weighted by molar-refractivity contribution is 7.89. The van der Waals surface area contributed by atoms with E-state index in [-0.39, 0.29) is 12.6 Å². The van der Waals surface area contributed by atoms with Crippen LogP contribution in [-0.4, -0.2) is 43.7 Å². The summed E-state index contributed by atoms with van der Waals surface area (Å²) in [7, 11) is -3.67. The van der Waals surface area contributed by atoms with E-state index in [4.69, 9.17) is 0 Å². The molecule has 1 atom stereocenters. The minimum atomic E-state index is -3.67. The molecule has 2 aromatic rings. The second-order valence-electron chi connectivity index (χ2n) is 9.26. The average Bonchev–Trinajstić information content (AvgIpc) is 2.75. The summed E-state index contributed by atoms with van der Waals surface area (Å²) in [5.41, 5.74) is 4.93. The molecule has 2 N–H and O–H groups in total. The Hall–Kier alpha value is -2.71. The Morgan fingerprint density at radius 3 is 2.18 bits per heavy atom. The Morgan fingerprint density at radius 2 is 1.56 bits per heavy atom. The van der Waals surface area contributed by atoms with Crippen LogP contribution in [-0.2, 0) is 19.6 Å². The summed E-state index contributed by atoms with van der Waals surface area (Å²) in [6.45, 7) is 10.1. The number of nitrogens with zero attached hydrogens (tertiary/aromatic N) is 1. The van der Waals surface area contributed by atoms with Gasteiger partial charge in [-0.15, -0.1) is 0 Å². The third kappa shape index (κ3) is 5.67. The number of piperidine rings is 1. The highest BCUT2D eigenvalue weighted by Gasteiger charge is 2.35. The van der Waals surface area contributed by atoms with E-state index in [0.29, 0.717) is 23.5 Å². The van der Waals surface area contributed by atoms with Gasteiger partial charge in [0.15, 0.2) is 0 Å². The number of hydrogen-bond acceptors (Lipinski definition) is 4. The van der Waals surface area contributed by atoms with Gasteiger partial charge in [0.25, 0.3) is 0 Å². The van der Waals surface area contributed by atoms with Gasteiger partial charge in [-0.2, -0.15) is 4.31 Å². The molecule has 0 aromatic heterocycles. The molecular weight excluding hydrogens is 450 g/mol. The fourth-order valence-electron chi connectivity index (χ4n) is 4.88. The fourth-order valence-corrected chi connectivity index (χ4v) is 7.02. The summed E-state index contributed by atoms with van der Waals surface area (Å²) in [5, 5.41) is 5.34. The Balaban J connectivity index is 1.66. The van der Waals surface area contributed by atoms with Crippen molar-refractivity contribution in [2.24, 2.45) is 0 Å².